The summed E-state index contributed by atoms with van der Waals surface area (Å²) in [6.07, 6.45) is 19.3. The lowest BCUT2D eigenvalue weighted by atomic mass is 10.1. The minimum absolute atomic E-state index is 0.0106. The molecule has 0 amide bonds. The molecule has 0 radical (unpaired) electrons. The van der Waals surface area contributed by atoms with Gasteiger partial charge in [0.05, 0.1) is 0 Å². The van der Waals surface area contributed by atoms with Crippen molar-refractivity contribution in [3.8, 4) is 0 Å². The van der Waals surface area contributed by atoms with E-state index in [0.717, 1.165) is 26.1 Å². The van der Waals surface area contributed by atoms with Crippen molar-refractivity contribution < 1.29 is 14.6 Å². The first-order valence-electron chi connectivity index (χ1n) is 9.84. The van der Waals surface area contributed by atoms with Gasteiger partial charge in [-0.05, 0) is 46.0 Å². The summed E-state index contributed by atoms with van der Waals surface area (Å²) in [6, 6.07) is 0. The molecule has 0 fully saturated rings. The summed E-state index contributed by atoms with van der Waals surface area (Å²) < 4.78 is 11.1. The standard InChI is InChI=1S/C20H40O3/c1-3-22-20(23-4-2)18-16-14-12-10-8-6-5-7-9-11-13-15-17-19-21/h13,15,20-21H,3-12,14,16-19H2,1-2H3/b15-13+. The first kappa shape index (κ1) is 22.6. The fourth-order valence-corrected chi connectivity index (χ4v) is 2.71. The van der Waals surface area contributed by atoms with E-state index in [1.165, 1.54) is 64.2 Å². The quantitative estimate of drug-likeness (QED) is 0.202. The Hall–Kier alpha value is -0.380. The van der Waals surface area contributed by atoms with Crippen LogP contribution in [0.15, 0.2) is 12.2 Å². The lowest BCUT2D eigenvalue weighted by Crippen LogP contribution is -2.17. The highest BCUT2D eigenvalue weighted by Gasteiger charge is 2.06. The maximum atomic E-state index is 8.65. The molecule has 0 rings (SSSR count). The van der Waals surface area contributed by atoms with E-state index in [4.69, 9.17) is 14.6 Å². The van der Waals surface area contributed by atoms with Crippen molar-refractivity contribution in [2.24, 2.45) is 0 Å². The molecule has 0 spiro atoms. The third kappa shape index (κ3) is 17.8. The van der Waals surface area contributed by atoms with Gasteiger partial charge in [0.2, 0.25) is 0 Å². The highest BCUT2D eigenvalue weighted by Crippen LogP contribution is 2.13. The zero-order valence-electron chi connectivity index (χ0n) is 15.6. The van der Waals surface area contributed by atoms with Crippen molar-refractivity contribution in [2.45, 2.75) is 97.2 Å². The van der Waals surface area contributed by atoms with Crippen LogP contribution in [0.2, 0.25) is 0 Å². The Morgan fingerprint density at radius 3 is 1.70 bits per heavy atom. The average molecular weight is 329 g/mol. The molecular weight excluding hydrogens is 288 g/mol. The van der Waals surface area contributed by atoms with Gasteiger partial charge in [-0.2, -0.15) is 0 Å². The number of unbranched alkanes of at least 4 members (excludes halogenated alkanes) is 9. The van der Waals surface area contributed by atoms with Gasteiger partial charge in [-0.25, -0.2) is 0 Å². The third-order valence-corrected chi connectivity index (χ3v) is 3.98. The fourth-order valence-electron chi connectivity index (χ4n) is 2.71. The maximum absolute atomic E-state index is 8.65. The molecule has 0 saturated heterocycles. The molecule has 0 unspecified atom stereocenters. The van der Waals surface area contributed by atoms with E-state index in [0.29, 0.717) is 0 Å². The van der Waals surface area contributed by atoms with Crippen molar-refractivity contribution in [1.82, 2.24) is 0 Å². The second-order valence-electron chi connectivity index (χ2n) is 6.08. The molecule has 138 valence electrons. The predicted molar refractivity (Wildman–Crippen MR) is 98.7 cm³/mol. The van der Waals surface area contributed by atoms with Crippen LogP contribution in [-0.4, -0.2) is 31.2 Å². The van der Waals surface area contributed by atoms with Gasteiger partial charge in [-0.3, -0.25) is 0 Å². The summed E-state index contributed by atoms with van der Waals surface area (Å²) in [6.45, 7) is 5.80. The molecule has 0 aliphatic heterocycles. The van der Waals surface area contributed by atoms with Crippen LogP contribution in [0.5, 0.6) is 0 Å². The first-order valence-corrected chi connectivity index (χ1v) is 9.84. The molecule has 3 heteroatoms. The summed E-state index contributed by atoms with van der Waals surface area (Å²) in [5.74, 6) is 0. The first-order chi connectivity index (χ1) is 11.3. The molecule has 1 N–H and O–H groups in total. The van der Waals surface area contributed by atoms with Gasteiger partial charge in [0.1, 0.15) is 0 Å². The Labute approximate surface area is 144 Å². The van der Waals surface area contributed by atoms with E-state index in [1.54, 1.807) is 0 Å². The van der Waals surface area contributed by atoms with Crippen LogP contribution >= 0.6 is 0 Å². The fraction of sp³-hybridized carbons (Fsp3) is 0.900. The molecule has 3 nitrogen and oxygen atoms in total. The summed E-state index contributed by atoms with van der Waals surface area (Å²) >= 11 is 0. The second kappa shape index (κ2) is 19.7. The number of ether oxygens (including phenoxy) is 2. The van der Waals surface area contributed by atoms with E-state index in [9.17, 15) is 0 Å². The Kier molecular flexibility index (Phi) is 19.3. The lowest BCUT2D eigenvalue weighted by Gasteiger charge is -2.16. The van der Waals surface area contributed by atoms with Crippen molar-refractivity contribution in [3.05, 3.63) is 12.2 Å². The summed E-state index contributed by atoms with van der Waals surface area (Å²) in [5.41, 5.74) is 0. The molecule has 0 aliphatic carbocycles. The van der Waals surface area contributed by atoms with Gasteiger partial charge in [0, 0.05) is 19.8 Å². The number of rotatable bonds is 18. The number of aliphatic hydroxyl groups excluding tert-OH is 1. The SMILES string of the molecule is CCOC(CCCCCCCCCCC/C=C/CCO)OCC. The normalized spacial score (nSPS) is 11.8. The Morgan fingerprint density at radius 2 is 1.17 bits per heavy atom. The number of hydrogen-bond donors (Lipinski definition) is 1. The molecule has 0 heterocycles. The number of hydrogen-bond acceptors (Lipinski definition) is 3. The van der Waals surface area contributed by atoms with Crippen LogP contribution in [0.1, 0.15) is 90.9 Å². The molecule has 0 aromatic heterocycles. The molecule has 0 saturated carbocycles. The number of allylic oxidation sites excluding steroid dienone is 1. The minimum Gasteiger partial charge on any atom is -0.396 e. The predicted octanol–water partition coefficient (Wildman–Crippen LogP) is 5.62. The Morgan fingerprint density at radius 1 is 0.696 bits per heavy atom. The van der Waals surface area contributed by atoms with Crippen LogP contribution in [0.25, 0.3) is 0 Å². The van der Waals surface area contributed by atoms with Crippen molar-refractivity contribution >= 4 is 0 Å². The van der Waals surface area contributed by atoms with E-state index < -0.39 is 0 Å². The Balaban J connectivity index is 3.21. The van der Waals surface area contributed by atoms with E-state index in [-0.39, 0.29) is 12.9 Å². The molecule has 23 heavy (non-hydrogen) atoms. The van der Waals surface area contributed by atoms with E-state index >= 15 is 0 Å². The van der Waals surface area contributed by atoms with Crippen LogP contribution in [0.4, 0.5) is 0 Å². The van der Waals surface area contributed by atoms with Crippen LogP contribution < -0.4 is 0 Å². The molecule has 0 aliphatic rings. The van der Waals surface area contributed by atoms with Gasteiger partial charge in [0.15, 0.2) is 6.29 Å². The summed E-state index contributed by atoms with van der Waals surface area (Å²) in [5, 5.41) is 8.65. The van der Waals surface area contributed by atoms with Crippen molar-refractivity contribution in [1.29, 1.82) is 0 Å². The minimum atomic E-state index is 0.0106. The van der Waals surface area contributed by atoms with Gasteiger partial charge in [-0.1, -0.05) is 57.1 Å². The average Bonchev–Trinajstić information content (AvgIpc) is 2.55. The van der Waals surface area contributed by atoms with Gasteiger partial charge < -0.3 is 14.6 Å². The monoisotopic (exact) mass is 328 g/mol. The van der Waals surface area contributed by atoms with Gasteiger partial charge >= 0.3 is 0 Å². The molecule has 0 aromatic carbocycles. The highest BCUT2D eigenvalue weighted by atomic mass is 16.7. The zero-order chi connectivity index (χ0) is 17.0. The second-order valence-corrected chi connectivity index (χ2v) is 6.08. The Bertz CT molecular complexity index is 235. The summed E-state index contributed by atoms with van der Waals surface area (Å²) in [4.78, 5) is 0. The van der Waals surface area contributed by atoms with Crippen LogP contribution in [-0.2, 0) is 9.47 Å². The lowest BCUT2D eigenvalue weighted by molar-refractivity contribution is -0.140. The van der Waals surface area contributed by atoms with Crippen molar-refractivity contribution in [2.75, 3.05) is 19.8 Å². The smallest absolute Gasteiger partial charge is 0.157 e. The van der Waals surface area contributed by atoms with Gasteiger partial charge in [0.25, 0.3) is 0 Å². The molecule has 0 atom stereocenters. The van der Waals surface area contributed by atoms with Crippen LogP contribution in [0, 0.1) is 0 Å². The topological polar surface area (TPSA) is 38.7 Å². The molecule has 0 aromatic rings. The highest BCUT2D eigenvalue weighted by molar-refractivity contribution is 4.80. The van der Waals surface area contributed by atoms with Crippen LogP contribution in [0.3, 0.4) is 0 Å². The van der Waals surface area contributed by atoms with Crippen molar-refractivity contribution in [3.63, 3.8) is 0 Å². The molecule has 0 bridgehead atoms. The molecular formula is C20H40O3. The van der Waals surface area contributed by atoms with E-state index in [1.807, 2.05) is 13.8 Å². The largest absolute Gasteiger partial charge is 0.396 e. The zero-order valence-corrected chi connectivity index (χ0v) is 15.6. The summed E-state index contributed by atoms with van der Waals surface area (Å²) in [7, 11) is 0. The van der Waals surface area contributed by atoms with E-state index in [2.05, 4.69) is 12.2 Å². The number of aliphatic hydroxyl groups is 1. The third-order valence-electron chi connectivity index (χ3n) is 3.98. The maximum Gasteiger partial charge on any atom is 0.157 e. The van der Waals surface area contributed by atoms with Gasteiger partial charge in [-0.15, -0.1) is 0 Å².